The fraction of sp³-hybridized carbons (Fsp3) is 0.286. The number of aromatic nitrogens is 2. The first kappa shape index (κ1) is 6.08. The van der Waals surface area contributed by atoms with E-state index in [0.717, 1.165) is 5.56 Å². The Hall–Kier alpha value is -1.05. The van der Waals surface area contributed by atoms with E-state index in [1.54, 1.807) is 0 Å². The highest BCUT2D eigenvalue weighted by atomic mass is 15.1. The fourth-order valence-electron chi connectivity index (χ4n) is 0.633. The second-order valence-corrected chi connectivity index (χ2v) is 1.96. The van der Waals surface area contributed by atoms with Crippen LogP contribution < -0.4 is 0 Å². The van der Waals surface area contributed by atoms with Gasteiger partial charge in [0, 0.05) is 11.8 Å². The first-order chi connectivity index (χ1) is 4.34. The summed E-state index contributed by atoms with van der Waals surface area (Å²) >= 11 is 0. The zero-order valence-corrected chi connectivity index (χ0v) is 5.68. The Morgan fingerprint density at radius 3 is 3.00 bits per heavy atom. The Labute approximate surface area is 54.6 Å². The van der Waals surface area contributed by atoms with Crippen molar-refractivity contribution in [2.75, 3.05) is 0 Å². The van der Waals surface area contributed by atoms with Crippen LogP contribution in [-0.2, 0) is 0 Å². The molecular weight excluding hydrogens is 112 g/mol. The van der Waals surface area contributed by atoms with Crippen molar-refractivity contribution >= 4 is 5.57 Å². The maximum Gasteiger partial charge on any atom is 0.0562 e. The van der Waals surface area contributed by atoms with Crippen LogP contribution in [-0.4, -0.2) is 10.2 Å². The van der Waals surface area contributed by atoms with Gasteiger partial charge in [0.1, 0.15) is 0 Å². The predicted octanol–water partition coefficient (Wildman–Crippen LogP) is 1.83. The van der Waals surface area contributed by atoms with E-state index in [-0.39, 0.29) is 0 Å². The topological polar surface area (TPSA) is 28.7 Å². The third kappa shape index (κ3) is 1.19. The Bertz CT molecular complexity index is 197. The van der Waals surface area contributed by atoms with E-state index in [0.29, 0.717) is 0 Å². The Morgan fingerprint density at radius 1 is 1.78 bits per heavy atom. The molecule has 0 fully saturated rings. The van der Waals surface area contributed by atoms with Crippen LogP contribution in [0.2, 0.25) is 0 Å². The average molecular weight is 122 g/mol. The normalized spacial score (nSPS) is 12.0. The predicted molar refractivity (Wildman–Crippen MR) is 37.9 cm³/mol. The summed E-state index contributed by atoms with van der Waals surface area (Å²) in [4.78, 5) is 0. The number of hydrogen-bond donors (Lipinski definition) is 1. The minimum absolute atomic E-state index is 1.16. The lowest BCUT2D eigenvalue weighted by Crippen LogP contribution is -1.69. The fourth-order valence-corrected chi connectivity index (χ4v) is 0.633. The van der Waals surface area contributed by atoms with Gasteiger partial charge in [-0.05, 0) is 19.4 Å². The number of allylic oxidation sites excluding steroid dienone is 2. The highest BCUT2D eigenvalue weighted by molar-refractivity contribution is 5.61. The van der Waals surface area contributed by atoms with E-state index < -0.39 is 0 Å². The molecule has 1 aromatic heterocycles. The van der Waals surface area contributed by atoms with Gasteiger partial charge < -0.3 is 0 Å². The maximum absolute atomic E-state index is 3.83. The standard InChI is InChI=1S/C7H10N2/c1-3-6(2)7-4-8-9-5-7/h3-5H,1-2H3,(H,8,9)/b6-3+. The van der Waals surface area contributed by atoms with Crippen LogP contribution in [0.25, 0.3) is 5.57 Å². The van der Waals surface area contributed by atoms with Crippen molar-refractivity contribution < 1.29 is 0 Å². The Kier molecular flexibility index (Phi) is 1.68. The minimum Gasteiger partial charge on any atom is -0.285 e. The number of hydrogen-bond acceptors (Lipinski definition) is 1. The molecule has 0 aliphatic rings. The van der Waals surface area contributed by atoms with Crippen molar-refractivity contribution in [1.29, 1.82) is 0 Å². The monoisotopic (exact) mass is 122 g/mol. The van der Waals surface area contributed by atoms with Gasteiger partial charge in [-0.15, -0.1) is 0 Å². The van der Waals surface area contributed by atoms with E-state index in [2.05, 4.69) is 23.2 Å². The van der Waals surface area contributed by atoms with E-state index in [9.17, 15) is 0 Å². The lowest BCUT2D eigenvalue weighted by atomic mass is 10.2. The number of nitrogens with zero attached hydrogens (tertiary/aromatic N) is 1. The van der Waals surface area contributed by atoms with Crippen LogP contribution in [0.3, 0.4) is 0 Å². The van der Waals surface area contributed by atoms with Gasteiger partial charge in [0.25, 0.3) is 0 Å². The van der Waals surface area contributed by atoms with Crippen molar-refractivity contribution in [3.63, 3.8) is 0 Å². The lowest BCUT2D eigenvalue weighted by molar-refractivity contribution is 1.09. The van der Waals surface area contributed by atoms with E-state index in [1.807, 2.05) is 19.3 Å². The molecule has 0 saturated carbocycles. The quantitative estimate of drug-likeness (QED) is 0.604. The molecule has 0 amide bonds. The molecule has 1 N–H and O–H groups in total. The van der Waals surface area contributed by atoms with Crippen LogP contribution in [0, 0.1) is 0 Å². The summed E-state index contributed by atoms with van der Waals surface area (Å²) in [5.41, 5.74) is 2.42. The second kappa shape index (κ2) is 2.49. The van der Waals surface area contributed by atoms with Gasteiger partial charge in [0.2, 0.25) is 0 Å². The molecule has 0 aromatic carbocycles. The van der Waals surface area contributed by atoms with Gasteiger partial charge in [0.05, 0.1) is 6.20 Å². The smallest absolute Gasteiger partial charge is 0.0562 e. The Balaban J connectivity index is 2.90. The third-order valence-corrected chi connectivity index (χ3v) is 1.39. The van der Waals surface area contributed by atoms with Crippen molar-refractivity contribution in [2.45, 2.75) is 13.8 Å². The van der Waals surface area contributed by atoms with Crippen LogP contribution in [0.4, 0.5) is 0 Å². The summed E-state index contributed by atoms with van der Waals surface area (Å²) < 4.78 is 0. The van der Waals surface area contributed by atoms with Crippen LogP contribution in [0.5, 0.6) is 0 Å². The maximum atomic E-state index is 3.83. The van der Waals surface area contributed by atoms with Crippen LogP contribution in [0.1, 0.15) is 19.4 Å². The van der Waals surface area contributed by atoms with Gasteiger partial charge in [-0.3, -0.25) is 5.10 Å². The molecule has 0 aliphatic heterocycles. The molecule has 1 heterocycles. The summed E-state index contributed by atoms with van der Waals surface area (Å²) in [6, 6.07) is 0. The Morgan fingerprint density at radius 2 is 2.56 bits per heavy atom. The van der Waals surface area contributed by atoms with Crippen LogP contribution in [0.15, 0.2) is 18.5 Å². The zero-order chi connectivity index (χ0) is 6.69. The molecule has 0 bridgehead atoms. The molecule has 0 spiro atoms. The summed E-state index contributed by atoms with van der Waals surface area (Å²) in [6.07, 6.45) is 5.76. The van der Waals surface area contributed by atoms with E-state index in [4.69, 9.17) is 0 Å². The van der Waals surface area contributed by atoms with Crippen molar-refractivity contribution in [3.05, 3.63) is 24.0 Å². The van der Waals surface area contributed by atoms with Crippen molar-refractivity contribution in [1.82, 2.24) is 10.2 Å². The SMILES string of the molecule is C/C=C(\C)c1cn[nH]c1. The van der Waals surface area contributed by atoms with E-state index >= 15 is 0 Å². The average Bonchev–Trinajstić information content (AvgIpc) is 2.37. The lowest BCUT2D eigenvalue weighted by Gasteiger charge is -1.89. The largest absolute Gasteiger partial charge is 0.285 e. The van der Waals surface area contributed by atoms with Gasteiger partial charge in [-0.25, -0.2) is 0 Å². The van der Waals surface area contributed by atoms with Gasteiger partial charge in [-0.2, -0.15) is 5.10 Å². The minimum atomic E-state index is 1.16. The highest BCUT2D eigenvalue weighted by Gasteiger charge is 1.91. The van der Waals surface area contributed by atoms with Gasteiger partial charge in [0.15, 0.2) is 0 Å². The number of rotatable bonds is 1. The number of aromatic amines is 1. The summed E-state index contributed by atoms with van der Waals surface area (Å²) in [7, 11) is 0. The molecule has 2 heteroatoms. The van der Waals surface area contributed by atoms with E-state index in [1.165, 1.54) is 5.57 Å². The molecule has 9 heavy (non-hydrogen) atoms. The first-order valence-electron chi connectivity index (χ1n) is 2.96. The summed E-state index contributed by atoms with van der Waals surface area (Å²) in [5, 5.41) is 6.58. The third-order valence-electron chi connectivity index (χ3n) is 1.39. The number of nitrogens with one attached hydrogen (secondary N) is 1. The molecule has 1 aromatic rings. The van der Waals surface area contributed by atoms with Gasteiger partial charge in [-0.1, -0.05) is 6.08 Å². The van der Waals surface area contributed by atoms with Gasteiger partial charge >= 0.3 is 0 Å². The van der Waals surface area contributed by atoms with Crippen molar-refractivity contribution in [3.8, 4) is 0 Å². The summed E-state index contributed by atoms with van der Waals surface area (Å²) in [5.74, 6) is 0. The molecule has 0 saturated heterocycles. The molecular formula is C7H10N2. The first-order valence-corrected chi connectivity index (χ1v) is 2.96. The van der Waals surface area contributed by atoms with Crippen molar-refractivity contribution in [2.24, 2.45) is 0 Å². The molecule has 2 nitrogen and oxygen atoms in total. The molecule has 1 rings (SSSR count). The summed E-state index contributed by atoms with van der Waals surface area (Å²) in [6.45, 7) is 4.08. The molecule has 0 unspecified atom stereocenters. The molecule has 48 valence electrons. The zero-order valence-electron chi connectivity index (χ0n) is 5.68. The molecule has 0 aliphatic carbocycles. The van der Waals surface area contributed by atoms with Crippen LogP contribution >= 0.6 is 0 Å². The second-order valence-electron chi connectivity index (χ2n) is 1.96. The molecule has 0 radical (unpaired) electrons. The highest BCUT2D eigenvalue weighted by Crippen LogP contribution is 2.08. The molecule has 0 atom stereocenters. The number of H-pyrrole nitrogens is 1.